The molecule has 0 aliphatic carbocycles. The van der Waals surface area contributed by atoms with Crippen LogP contribution in [0.25, 0.3) is 11.3 Å². The number of hydrogen-bond acceptors (Lipinski definition) is 2. The van der Waals surface area contributed by atoms with Crippen LogP contribution in [0.15, 0.2) is 33.4 Å². The van der Waals surface area contributed by atoms with Gasteiger partial charge in [-0.05, 0) is 33.8 Å². The summed E-state index contributed by atoms with van der Waals surface area (Å²) in [5, 5.41) is 0. The molecule has 0 N–H and O–H groups in total. The lowest BCUT2D eigenvalue weighted by atomic mass is 10.0. The van der Waals surface area contributed by atoms with Crippen molar-refractivity contribution in [2.24, 2.45) is 5.92 Å². The Bertz CT molecular complexity index is 499. The van der Waals surface area contributed by atoms with Gasteiger partial charge in [0.1, 0.15) is 5.69 Å². The van der Waals surface area contributed by atoms with Crippen molar-refractivity contribution in [2.75, 3.05) is 0 Å². The first-order valence-electron chi connectivity index (χ1n) is 5.78. The number of halogens is 1. The monoisotopic (exact) mass is 293 g/mol. The molecule has 0 unspecified atom stereocenters. The van der Waals surface area contributed by atoms with Gasteiger partial charge in [0.15, 0.2) is 10.6 Å². The molecular weight excluding hydrogens is 278 g/mol. The zero-order chi connectivity index (χ0) is 12.4. The van der Waals surface area contributed by atoms with Crippen LogP contribution in [0, 0.1) is 12.8 Å². The second kappa shape index (κ2) is 5.05. The minimum atomic E-state index is 0.679. The lowest BCUT2D eigenvalue weighted by molar-refractivity contribution is 0.500. The molecule has 1 aromatic heterocycles. The SMILES string of the molecule is Cc1nc(-c2ccc(CC(C)C)cc2)c(Br)o1. The van der Waals surface area contributed by atoms with Gasteiger partial charge in [0, 0.05) is 12.5 Å². The van der Waals surface area contributed by atoms with Crippen molar-refractivity contribution in [1.29, 1.82) is 0 Å². The largest absolute Gasteiger partial charge is 0.434 e. The van der Waals surface area contributed by atoms with Gasteiger partial charge in [-0.25, -0.2) is 4.98 Å². The van der Waals surface area contributed by atoms with Gasteiger partial charge in [-0.3, -0.25) is 0 Å². The fourth-order valence-corrected chi connectivity index (χ4v) is 2.40. The van der Waals surface area contributed by atoms with E-state index in [9.17, 15) is 0 Å². The molecule has 0 atom stereocenters. The van der Waals surface area contributed by atoms with Crippen LogP contribution in [0.3, 0.4) is 0 Å². The van der Waals surface area contributed by atoms with E-state index >= 15 is 0 Å². The average molecular weight is 294 g/mol. The highest BCUT2D eigenvalue weighted by Crippen LogP contribution is 2.28. The summed E-state index contributed by atoms with van der Waals surface area (Å²) in [5.74, 6) is 1.36. The summed E-state index contributed by atoms with van der Waals surface area (Å²) in [4.78, 5) is 4.36. The minimum Gasteiger partial charge on any atom is -0.434 e. The summed E-state index contributed by atoms with van der Waals surface area (Å²) in [6, 6.07) is 8.51. The smallest absolute Gasteiger partial charge is 0.197 e. The van der Waals surface area contributed by atoms with E-state index in [0.29, 0.717) is 16.5 Å². The van der Waals surface area contributed by atoms with Gasteiger partial charge in [-0.1, -0.05) is 38.1 Å². The first-order valence-corrected chi connectivity index (χ1v) is 6.58. The zero-order valence-corrected chi connectivity index (χ0v) is 11.9. The molecule has 0 fully saturated rings. The summed E-state index contributed by atoms with van der Waals surface area (Å²) >= 11 is 3.38. The maximum Gasteiger partial charge on any atom is 0.197 e. The van der Waals surface area contributed by atoms with Crippen molar-refractivity contribution in [2.45, 2.75) is 27.2 Å². The molecule has 1 heterocycles. The molecule has 2 nitrogen and oxygen atoms in total. The quantitative estimate of drug-likeness (QED) is 0.826. The molecule has 3 heteroatoms. The van der Waals surface area contributed by atoms with Crippen LogP contribution < -0.4 is 0 Å². The summed E-state index contributed by atoms with van der Waals surface area (Å²) in [6.45, 7) is 6.30. The Kier molecular flexibility index (Phi) is 3.67. The van der Waals surface area contributed by atoms with Gasteiger partial charge in [0.05, 0.1) is 0 Å². The zero-order valence-electron chi connectivity index (χ0n) is 10.3. The molecule has 17 heavy (non-hydrogen) atoms. The van der Waals surface area contributed by atoms with Crippen LogP contribution in [0.2, 0.25) is 0 Å². The van der Waals surface area contributed by atoms with Crippen LogP contribution in [-0.2, 0) is 6.42 Å². The van der Waals surface area contributed by atoms with Gasteiger partial charge < -0.3 is 4.42 Å². The second-order valence-corrected chi connectivity index (χ2v) is 5.37. The van der Waals surface area contributed by atoms with E-state index in [2.05, 4.69) is 59.0 Å². The molecular formula is C14H16BrNO. The summed E-state index contributed by atoms with van der Waals surface area (Å²) in [5.41, 5.74) is 3.32. The molecule has 0 radical (unpaired) electrons. The third-order valence-electron chi connectivity index (χ3n) is 2.56. The maximum absolute atomic E-state index is 5.37. The Balaban J connectivity index is 2.26. The molecule has 90 valence electrons. The fraction of sp³-hybridized carbons (Fsp3) is 0.357. The van der Waals surface area contributed by atoms with Crippen molar-refractivity contribution in [3.8, 4) is 11.3 Å². The number of nitrogens with zero attached hydrogens (tertiary/aromatic N) is 1. The fourth-order valence-electron chi connectivity index (χ4n) is 1.85. The number of oxazole rings is 1. The van der Waals surface area contributed by atoms with E-state index in [1.165, 1.54) is 5.56 Å². The Morgan fingerprint density at radius 2 is 1.88 bits per heavy atom. The third kappa shape index (κ3) is 2.97. The van der Waals surface area contributed by atoms with Crippen LogP contribution in [0.4, 0.5) is 0 Å². The number of aryl methyl sites for hydroxylation is 1. The lowest BCUT2D eigenvalue weighted by Gasteiger charge is -2.05. The van der Waals surface area contributed by atoms with Crippen molar-refractivity contribution in [3.05, 3.63) is 40.4 Å². The van der Waals surface area contributed by atoms with Gasteiger partial charge >= 0.3 is 0 Å². The van der Waals surface area contributed by atoms with Crippen molar-refractivity contribution in [3.63, 3.8) is 0 Å². The first kappa shape index (κ1) is 12.4. The molecule has 0 bridgehead atoms. The van der Waals surface area contributed by atoms with Crippen LogP contribution >= 0.6 is 15.9 Å². The van der Waals surface area contributed by atoms with E-state index in [1.54, 1.807) is 0 Å². The molecule has 0 aliphatic heterocycles. The van der Waals surface area contributed by atoms with Gasteiger partial charge in [-0.15, -0.1) is 0 Å². The first-order chi connectivity index (χ1) is 8.06. The Morgan fingerprint density at radius 1 is 1.24 bits per heavy atom. The lowest BCUT2D eigenvalue weighted by Crippen LogP contribution is -1.93. The van der Waals surface area contributed by atoms with Crippen molar-refractivity contribution >= 4 is 15.9 Å². The molecule has 0 saturated carbocycles. The predicted octanol–water partition coefficient (Wildman–Crippen LogP) is 4.61. The highest BCUT2D eigenvalue weighted by molar-refractivity contribution is 9.10. The topological polar surface area (TPSA) is 26.0 Å². The van der Waals surface area contributed by atoms with Crippen LogP contribution in [0.5, 0.6) is 0 Å². The second-order valence-electron chi connectivity index (χ2n) is 4.65. The minimum absolute atomic E-state index is 0.679. The number of aromatic nitrogens is 1. The van der Waals surface area contributed by atoms with E-state index in [-0.39, 0.29) is 0 Å². The van der Waals surface area contributed by atoms with Crippen molar-refractivity contribution in [1.82, 2.24) is 4.98 Å². The summed E-state index contributed by atoms with van der Waals surface area (Å²) < 4.78 is 6.07. The van der Waals surface area contributed by atoms with Gasteiger partial charge in [-0.2, -0.15) is 0 Å². The van der Waals surface area contributed by atoms with Crippen molar-refractivity contribution < 1.29 is 4.42 Å². The number of benzene rings is 1. The standard InChI is InChI=1S/C14H16BrNO/c1-9(2)8-11-4-6-12(7-5-11)13-14(15)17-10(3)16-13/h4-7,9H,8H2,1-3H3. The van der Waals surface area contributed by atoms with Gasteiger partial charge in [0.25, 0.3) is 0 Å². The van der Waals surface area contributed by atoms with Crippen LogP contribution in [-0.4, -0.2) is 4.98 Å². The van der Waals surface area contributed by atoms with E-state index in [1.807, 2.05) is 6.92 Å². The Labute approximate surface area is 110 Å². The normalized spacial score (nSPS) is 11.1. The molecule has 0 amide bonds. The molecule has 2 rings (SSSR count). The number of hydrogen-bond donors (Lipinski definition) is 0. The highest BCUT2D eigenvalue weighted by Gasteiger charge is 2.10. The average Bonchev–Trinajstić information content (AvgIpc) is 2.58. The highest BCUT2D eigenvalue weighted by atomic mass is 79.9. The maximum atomic E-state index is 5.37. The van der Waals surface area contributed by atoms with E-state index in [0.717, 1.165) is 17.7 Å². The summed E-state index contributed by atoms with van der Waals surface area (Å²) in [7, 11) is 0. The third-order valence-corrected chi connectivity index (χ3v) is 3.10. The van der Waals surface area contributed by atoms with E-state index < -0.39 is 0 Å². The predicted molar refractivity (Wildman–Crippen MR) is 72.9 cm³/mol. The Hall–Kier alpha value is -1.09. The molecule has 0 spiro atoms. The molecule has 1 aromatic carbocycles. The summed E-state index contributed by atoms with van der Waals surface area (Å²) in [6.07, 6.45) is 1.11. The van der Waals surface area contributed by atoms with Crippen LogP contribution in [0.1, 0.15) is 25.3 Å². The molecule has 2 aromatic rings. The van der Waals surface area contributed by atoms with Gasteiger partial charge in [0.2, 0.25) is 0 Å². The molecule has 0 saturated heterocycles. The van der Waals surface area contributed by atoms with E-state index in [4.69, 9.17) is 4.42 Å². The Morgan fingerprint density at radius 3 is 2.35 bits per heavy atom. The number of rotatable bonds is 3. The molecule has 0 aliphatic rings.